The largest absolute Gasteiger partial charge is 0.341 e. The lowest BCUT2D eigenvalue weighted by molar-refractivity contribution is -0.144. The highest BCUT2D eigenvalue weighted by Crippen LogP contribution is 2.47. The Morgan fingerprint density at radius 2 is 1.90 bits per heavy atom. The van der Waals surface area contributed by atoms with Crippen molar-refractivity contribution in [2.24, 2.45) is 11.3 Å². The van der Waals surface area contributed by atoms with Crippen molar-refractivity contribution in [3.8, 4) is 11.4 Å². The molecule has 6 nitrogen and oxygen atoms in total. The lowest BCUT2D eigenvalue weighted by Gasteiger charge is -2.48. The SMILES string of the molecule is CN1CC2(CC1c1nc(-c3ccccc3)no1)CN(C(=O)CC1CCCCC1)C2. The average Bonchev–Trinajstić information content (AvgIpc) is 3.33. The van der Waals surface area contributed by atoms with Crippen LogP contribution in [0.1, 0.15) is 56.9 Å². The van der Waals surface area contributed by atoms with E-state index in [9.17, 15) is 4.79 Å². The summed E-state index contributed by atoms with van der Waals surface area (Å²) in [5, 5.41) is 4.19. The second-order valence-electron chi connectivity index (χ2n) is 9.42. The highest BCUT2D eigenvalue weighted by molar-refractivity contribution is 5.77. The minimum atomic E-state index is 0.135. The monoisotopic (exact) mass is 394 g/mol. The molecule has 1 aliphatic carbocycles. The zero-order chi connectivity index (χ0) is 19.8. The molecular formula is C23H30N4O2. The van der Waals surface area contributed by atoms with Crippen molar-refractivity contribution in [2.75, 3.05) is 26.7 Å². The molecule has 0 N–H and O–H groups in total. The van der Waals surface area contributed by atoms with Gasteiger partial charge in [0.25, 0.3) is 0 Å². The van der Waals surface area contributed by atoms with Crippen LogP contribution in [-0.4, -0.2) is 52.5 Å². The summed E-state index contributed by atoms with van der Waals surface area (Å²) in [5.41, 5.74) is 1.16. The Labute approximate surface area is 172 Å². The first kappa shape index (κ1) is 18.8. The maximum absolute atomic E-state index is 12.7. The molecule has 1 aromatic carbocycles. The molecule has 1 atom stereocenters. The fraction of sp³-hybridized carbons (Fsp3) is 0.609. The molecule has 1 aromatic heterocycles. The Morgan fingerprint density at radius 1 is 1.14 bits per heavy atom. The predicted octanol–water partition coefficient (Wildman–Crippen LogP) is 3.91. The lowest BCUT2D eigenvalue weighted by Crippen LogP contribution is -2.59. The van der Waals surface area contributed by atoms with Gasteiger partial charge in [0.1, 0.15) is 0 Å². The molecule has 2 aromatic rings. The molecule has 1 saturated carbocycles. The van der Waals surface area contributed by atoms with Gasteiger partial charge in [-0.05, 0) is 32.2 Å². The van der Waals surface area contributed by atoms with Gasteiger partial charge in [0.2, 0.25) is 17.6 Å². The molecule has 0 bridgehead atoms. The van der Waals surface area contributed by atoms with E-state index in [1.807, 2.05) is 30.3 Å². The normalized spacial score (nSPS) is 24.7. The Morgan fingerprint density at radius 3 is 2.66 bits per heavy atom. The zero-order valence-corrected chi connectivity index (χ0v) is 17.2. The van der Waals surface area contributed by atoms with Crippen molar-refractivity contribution in [3.63, 3.8) is 0 Å². The summed E-state index contributed by atoms with van der Waals surface area (Å²) >= 11 is 0. The fourth-order valence-electron chi connectivity index (χ4n) is 5.56. The summed E-state index contributed by atoms with van der Waals surface area (Å²) in [6.45, 7) is 2.73. The maximum Gasteiger partial charge on any atom is 0.244 e. The number of carbonyl (C=O) groups excluding carboxylic acids is 1. The minimum Gasteiger partial charge on any atom is -0.341 e. The smallest absolute Gasteiger partial charge is 0.244 e. The second kappa shape index (κ2) is 7.56. The van der Waals surface area contributed by atoms with Crippen LogP contribution in [0.3, 0.4) is 0 Å². The first-order valence-corrected chi connectivity index (χ1v) is 11.0. The topological polar surface area (TPSA) is 62.5 Å². The number of hydrogen-bond acceptors (Lipinski definition) is 5. The van der Waals surface area contributed by atoms with Crippen LogP contribution in [0.25, 0.3) is 11.4 Å². The number of nitrogens with zero attached hydrogens (tertiary/aromatic N) is 4. The van der Waals surface area contributed by atoms with E-state index in [4.69, 9.17) is 4.52 Å². The third-order valence-electron chi connectivity index (χ3n) is 7.10. The van der Waals surface area contributed by atoms with Crippen molar-refractivity contribution in [2.45, 2.75) is 51.0 Å². The molecule has 1 spiro atoms. The lowest BCUT2D eigenvalue weighted by atomic mass is 9.77. The van der Waals surface area contributed by atoms with Crippen molar-refractivity contribution in [3.05, 3.63) is 36.2 Å². The van der Waals surface area contributed by atoms with Crippen molar-refractivity contribution in [1.82, 2.24) is 19.9 Å². The van der Waals surface area contributed by atoms with E-state index in [1.165, 1.54) is 32.1 Å². The quantitative estimate of drug-likeness (QED) is 0.787. The van der Waals surface area contributed by atoms with Crippen LogP contribution in [0, 0.1) is 11.3 Å². The zero-order valence-electron chi connectivity index (χ0n) is 17.2. The molecule has 3 aliphatic rings. The third-order valence-corrected chi connectivity index (χ3v) is 7.10. The Balaban J connectivity index is 1.20. The van der Waals surface area contributed by atoms with Gasteiger partial charge in [0, 0.05) is 37.0 Å². The standard InChI is InChI=1S/C23H30N4O2/c1-26-14-23(15-27(16-23)20(28)12-17-8-4-2-5-9-17)13-19(26)22-24-21(25-29-22)18-10-6-3-7-11-18/h3,6-7,10-11,17,19H,2,4-5,8-9,12-16H2,1H3. The van der Waals surface area contributed by atoms with E-state index in [0.717, 1.165) is 38.0 Å². The van der Waals surface area contributed by atoms with Gasteiger partial charge in [0.15, 0.2) is 0 Å². The number of carbonyl (C=O) groups is 1. The van der Waals surface area contributed by atoms with Gasteiger partial charge in [-0.3, -0.25) is 9.69 Å². The van der Waals surface area contributed by atoms with Gasteiger partial charge < -0.3 is 9.42 Å². The number of amides is 1. The highest BCUT2D eigenvalue weighted by atomic mass is 16.5. The number of hydrogen-bond donors (Lipinski definition) is 0. The molecular weight excluding hydrogens is 364 g/mol. The van der Waals surface area contributed by atoms with Crippen LogP contribution >= 0.6 is 0 Å². The maximum atomic E-state index is 12.7. The average molecular weight is 395 g/mol. The van der Waals surface area contributed by atoms with Gasteiger partial charge in [0.05, 0.1) is 6.04 Å². The first-order valence-electron chi connectivity index (χ1n) is 11.0. The highest BCUT2D eigenvalue weighted by Gasteiger charge is 2.53. The Kier molecular flexibility index (Phi) is 4.90. The van der Waals surface area contributed by atoms with Crippen LogP contribution in [0.2, 0.25) is 0 Å². The molecule has 1 unspecified atom stereocenters. The van der Waals surface area contributed by atoms with E-state index in [2.05, 4.69) is 27.0 Å². The van der Waals surface area contributed by atoms with Crippen LogP contribution in [0.5, 0.6) is 0 Å². The minimum absolute atomic E-state index is 0.135. The fourth-order valence-corrected chi connectivity index (χ4v) is 5.56. The molecule has 3 fully saturated rings. The number of likely N-dealkylation sites (tertiary alicyclic amines) is 2. The van der Waals surface area contributed by atoms with E-state index >= 15 is 0 Å². The first-order chi connectivity index (χ1) is 14.1. The van der Waals surface area contributed by atoms with Gasteiger partial charge >= 0.3 is 0 Å². The van der Waals surface area contributed by atoms with Gasteiger partial charge in [-0.2, -0.15) is 4.98 Å². The molecule has 2 aliphatic heterocycles. The van der Waals surface area contributed by atoms with Gasteiger partial charge in [-0.25, -0.2) is 0 Å². The molecule has 5 rings (SSSR count). The number of aromatic nitrogens is 2. The molecule has 154 valence electrons. The molecule has 3 heterocycles. The number of benzene rings is 1. The Hall–Kier alpha value is -2.21. The van der Waals surface area contributed by atoms with E-state index < -0.39 is 0 Å². The second-order valence-corrected chi connectivity index (χ2v) is 9.42. The van der Waals surface area contributed by atoms with Crippen LogP contribution in [-0.2, 0) is 4.79 Å². The summed E-state index contributed by atoms with van der Waals surface area (Å²) in [4.78, 5) is 21.8. The van der Waals surface area contributed by atoms with Crippen LogP contribution in [0.15, 0.2) is 34.9 Å². The van der Waals surface area contributed by atoms with Crippen LogP contribution in [0.4, 0.5) is 0 Å². The van der Waals surface area contributed by atoms with Crippen molar-refractivity contribution >= 4 is 5.91 Å². The molecule has 2 saturated heterocycles. The Bertz CT molecular complexity index is 853. The van der Waals surface area contributed by atoms with Gasteiger partial charge in [-0.1, -0.05) is 54.8 Å². The summed E-state index contributed by atoms with van der Waals surface area (Å²) in [6, 6.07) is 10.1. The van der Waals surface area contributed by atoms with E-state index in [-0.39, 0.29) is 11.5 Å². The summed E-state index contributed by atoms with van der Waals surface area (Å²) in [7, 11) is 2.12. The van der Waals surface area contributed by atoms with E-state index in [1.54, 1.807) is 0 Å². The molecule has 6 heteroatoms. The predicted molar refractivity (Wildman–Crippen MR) is 110 cm³/mol. The van der Waals surface area contributed by atoms with Crippen molar-refractivity contribution in [1.29, 1.82) is 0 Å². The molecule has 29 heavy (non-hydrogen) atoms. The van der Waals surface area contributed by atoms with Crippen molar-refractivity contribution < 1.29 is 9.32 Å². The summed E-state index contributed by atoms with van der Waals surface area (Å²) in [5.74, 6) is 2.31. The summed E-state index contributed by atoms with van der Waals surface area (Å²) in [6.07, 6.45) is 8.12. The molecule has 1 amide bonds. The molecule has 0 radical (unpaired) electrons. The number of rotatable bonds is 4. The van der Waals surface area contributed by atoms with Gasteiger partial charge in [-0.15, -0.1) is 0 Å². The summed E-state index contributed by atoms with van der Waals surface area (Å²) < 4.78 is 5.63. The van der Waals surface area contributed by atoms with E-state index in [0.29, 0.717) is 23.5 Å². The third kappa shape index (κ3) is 3.70. The van der Waals surface area contributed by atoms with Crippen LogP contribution < -0.4 is 0 Å².